The van der Waals surface area contributed by atoms with Crippen molar-refractivity contribution in [2.75, 3.05) is 5.32 Å². The fraction of sp³-hybridized carbons (Fsp3) is 0.200. The zero-order valence-electron chi connectivity index (χ0n) is 10.4. The molecule has 94 valence electrons. The molecule has 1 unspecified atom stereocenters. The van der Waals surface area contributed by atoms with Gasteiger partial charge in [-0.25, -0.2) is 4.39 Å². The standard InChI is InChI=1S/C15H15ClFN/c1-10-3-4-12(9-15(10)17)11(2)18-14-7-5-13(16)6-8-14/h3-9,11,18H,1-2H3. The molecular formula is C15H15ClFN. The van der Waals surface area contributed by atoms with Crippen molar-refractivity contribution >= 4 is 17.3 Å². The Morgan fingerprint density at radius 3 is 2.39 bits per heavy atom. The minimum atomic E-state index is -0.169. The Kier molecular flexibility index (Phi) is 3.87. The fourth-order valence-corrected chi connectivity index (χ4v) is 1.88. The van der Waals surface area contributed by atoms with Gasteiger partial charge in [0.25, 0.3) is 0 Å². The van der Waals surface area contributed by atoms with Crippen LogP contribution in [-0.4, -0.2) is 0 Å². The van der Waals surface area contributed by atoms with E-state index in [0.29, 0.717) is 10.6 Å². The maximum atomic E-state index is 13.5. The molecule has 1 N–H and O–H groups in total. The van der Waals surface area contributed by atoms with E-state index in [2.05, 4.69) is 5.32 Å². The van der Waals surface area contributed by atoms with E-state index in [1.165, 1.54) is 0 Å². The van der Waals surface area contributed by atoms with Gasteiger partial charge in [0, 0.05) is 16.8 Å². The molecule has 2 aromatic rings. The number of benzene rings is 2. The Bertz CT molecular complexity index is 537. The first-order valence-electron chi connectivity index (χ1n) is 5.84. The summed E-state index contributed by atoms with van der Waals surface area (Å²) in [4.78, 5) is 0. The summed E-state index contributed by atoms with van der Waals surface area (Å²) in [6.07, 6.45) is 0. The van der Waals surface area contributed by atoms with Crippen molar-refractivity contribution in [1.29, 1.82) is 0 Å². The van der Waals surface area contributed by atoms with Gasteiger partial charge in [-0.3, -0.25) is 0 Å². The summed E-state index contributed by atoms with van der Waals surface area (Å²) in [5, 5.41) is 4.01. The van der Waals surface area contributed by atoms with E-state index in [1.54, 1.807) is 19.1 Å². The Morgan fingerprint density at radius 2 is 1.78 bits per heavy atom. The summed E-state index contributed by atoms with van der Waals surface area (Å²) in [5.74, 6) is -0.169. The molecule has 0 aromatic heterocycles. The Morgan fingerprint density at radius 1 is 1.11 bits per heavy atom. The second-order valence-corrected chi connectivity index (χ2v) is 4.82. The molecule has 0 saturated heterocycles. The van der Waals surface area contributed by atoms with E-state index in [9.17, 15) is 4.39 Å². The van der Waals surface area contributed by atoms with Gasteiger partial charge in [-0.1, -0.05) is 23.7 Å². The lowest BCUT2D eigenvalue weighted by molar-refractivity contribution is 0.614. The molecule has 0 spiro atoms. The van der Waals surface area contributed by atoms with Crippen LogP contribution in [0.1, 0.15) is 24.1 Å². The normalized spacial score (nSPS) is 12.2. The van der Waals surface area contributed by atoms with Crippen LogP contribution >= 0.6 is 11.6 Å². The van der Waals surface area contributed by atoms with Gasteiger partial charge in [-0.15, -0.1) is 0 Å². The average molecular weight is 264 g/mol. The van der Waals surface area contributed by atoms with Crippen LogP contribution < -0.4 is 5.32 Å². The maximum Gasteiger partial charge on any atom is 0.126 e. The van der Waals surface area contributed by atoms with E-state index in [-0.39, 0.29) is 11.9 Å². The van der Waals surface area contributed by atoms with Crippen LogP contribution in [0.2, 0.25) is 5.02 Å². The summed E-state index contributed by atoms with van der Waals surface area (Å²) in [7, 11) is 0. The monoisotopic (exact) mass is 263 g/mol. The summed E-state index contributed by atoms with van der Waals surface area (Å²) >= 11 is 5.83. The van der Waals surface area contributed by atoms with Crippen LogP contribution in [0.25, 0.3) is 0 Å². The SMILES string of the molecule is Cc1ccc(C(C)Nc2ccc(Cl)cc2)cc1F. The minimum absolute atomic E-state index is 0.0428. The average Bonchev–Trinajstić information content (AvgIpc) is 2.35. The molecule has 2 aromatic carbocycles. The van der Waals surface area contributed by atoms with Gasteiger partial charge in [-0.05, 0) is 55.3 Å². The van der Waals surface area contributed by atoms with Crippen molar-refractivity contribution < 1.29 is 4.39 Å². The number of nitrogens with one attached hydrogen (secondary N) is 1. The first-order chi connectivity index (χ1) is 8.56. The lowest BCUT2D eigenvalue weighted by Gasteiger charge is -2.16. The first-order valence-corrected chi connectivity index (χ1v) is 6.22. The molecule has 0 heterocycles. The molecule has 2 rings (SSSR count). The second kappa shape index (κ2) is 5.40. The van der Waals surface area contributed by atoms with E-state index in [1.807, 2.05) is 37.3 Å². The van der Waals surface area contributed by atoms with Crippen molar-refractivity contribution in [2.24, 2.45) is 0 Å². The predicted molar refractivity (Wildman–Crippen MR) is 74.6 cm³/mol. The van der Waals surface area contributed by atoms with Crippen LogP contribution in [0, 0.1) is 12.7 Å². The Balaban J connectivity index is 2.13. The van der Waals surface area contributed by atoms with Gasteiger partial charge in [0.15, 0.2) is 0 Å². The summed E-state index contributed by atoms with van der Waals surface area (Å²) in [6, 6.07) is 12.8. The quantitative estimate of drug-likeness (QED) is 0.825. The summed E-state index contributed by atoms with van der Waals surface area (Å²) in [6.45, 7) is 3.76. The zero-order chi connectivity index (χ0) is 13.1. The van der Waals surface area contributed by atoms with E-state index >= 15 is 0 Å². The van der Waals surface area contributed by atoms with Gasteiger partial charge in [0.05, 0.1) is 0 Å². The molecule has 1 nitrogen and oxygen atoms in total. The second-order valence-electron chi connectivity index (χ2n) is 4.38. The fourth-order valence-electron chi connectivity index (χ4n) is 1.76. The van der Waals surface area contributed by atoms with Gasteiger partial charge in [0.1, 0.15) is 5.82 Å². The van der Waals surface area contributed by atoms with Gasteiger partial charge in [-0.2, -0.15) is 0 Å². The van der Waals surface area contributed by atoms with E-state index < -0.39 is 0 Å². The number of anilines is 1. The van der Waals surface area contributed by atoms with E-state index in [4.69, 9.17) is 11.6 Å². The third-order valence-electron chi connectivity index (χ3n) is 2.92. The van der Waals surface area contributed by atoms with Crippen LogP contribution in [0.4, 0.5) is 10.1 Å². The molecule has 1 atom stereocenters. The molecule has 0 aliphatic rings. The number of aryl methyl sites for hydroxylation is 1. The number of hydrogen-bond donors (Lipinski definition) is 1. The number of rotatable bonds is 3. The molecule has 0 bridgehead atoms. The van der Waals surface area contributed by atoms with Crippen molar-refractivity contribution in [1.82, 2.24) is 0 Å². The van der Waals surface area contributed by atoms with Crippen LogP contribution in [0.3, 0.4) is 0 Å². The van der Waals surface area contributed by atoms with Crippen molar-refractivity contribution in [3.63, 3.8) is 0 Å². The van der Waals surface area contributed by atoms with Gasteiger partial charge < -0.3 is 5.32 Å². The van der Waals surface area contributed by atoms with Crippen molar-refractivity contribution in [3.05, 3.63) is 64.4 Å². The molecule has 0 saturated carbocycles. The Hall–Kier alpha value is -1.54. The molecule has 3 heteroatoms. The van der Waals surface area contributed by atoms with Crippen molar-refractivity contribution in [3.8, 4) is 0 Å². The Labute approximate surface area is 112 Å². The molecule has 0 aliphatic heterocycles. The lowest BCUT2D eigenvalue weighted by Crippen LogP contribution is -2.07. The predicted octanol–water partition coefficient (Wildman–Crippen LogP) is 4.96. The highest BCUT2D eigenvalue weighted by Crippen LogP contribution is 2.22. The molecule has 0 amide bonds. The van der Waals surface area contributed by atoms with E-state index in [0.717, 1.165) is 11.3 Å². The van der Waals surface area contributed by atoms with Crippen LogP contribution in [-0.2, 0) is 0 Å². The summed E-state index contributed by atoms with van der Waals surface area (Å²) < 4.78 is 13.5. The highest BCUT2D eigenvalue weighted by atomic mass is 35.5. The number of hydrogen-bond acceptors (Lipinski definition) is 1. The molecule has 0 radical (unpaired) electrons. The first kappa shape index (κ1) is 12.9. The molecule has 18 heavy (non-hydrogen) atoms. The zero-order valence-corrected chi connectivity index (χ0v) is 11.1. The number of halogens is 2. The molecule has 0 aliphatic carbocycles. The third-order valence-corrected chi connectivity index (χ3v) is 3.18. The van der Waals surface area contributed by atoms with Crippen LogP contribution in [0.5, 0.6) is 0 Å². The molecular weight excluding hydrogens is 249 g/mol. The highest BCUT2D eigenvalue weighted by molar-refractivity contribution is 6.30. The van der Waals surface area contributed by atoms with Crippen LogP contribution in [0.15, 0.2) is 42.5 Å². The lowest BCUT2D eigenvalue weighted by atomic mass is 10.1. The topological polar surface area (TPSA) is 12.0 Å². The third kappa shape index (κ3) is 3.02. The van der Waals surface area contributed by atoms with Gasteiger partial charge >= 0.3 is 0 Å². The minimum Gasteiger partial charge on any atom is -0.379 e. The maximum absolute atomic E-state index is 13.5. The highest BCUT2D eigenvalue weighted by Gasteiger charge is 2.07. The largest absolute Gasteiger partial charge is 0.379 e. The summed E-state index contributed by atoms with van der Waals surface area (Å²) in [5.41, 5.74) is 2.55. The van der Waals surface area contributed by atoms with Crippen molar-refractivity contribution in [2.45, 2.75) is 19.9 Å². The smallest absolute Gasteiger partial charge is 0.126 e. The van der Waals surface area contributed by atoms with Gasteiger partial charge in [0.2, 0.25) is 0 Å². The molecule has 0 fully saturated rings.